The first-order chi connectivity index (χ1) is 15.4. The molecule has 3 fully saturated rings. The van der Waals surface area contributed by atoms with Crippen LogP contribution in [0.4, 0.5) is 0 Å². The number of fused-ring (bicyclic) bond motifs is 2. The van der Waals surface area contributed by atoms with E-state index in [0.717, 1.165) is 28.8 Å². The van der Waals surface area contributed by atoms with E-state index in [-0.39, 0.29) is 24.2 Å². The highest BCUT2D eigenvalue weighted by molar-refractivity contribution is 6.23. The van der Waals surface area contributed by atoms with Gasteiger partial charge in [0.2, 0.25) is 11.8 Å². The Kier molecular flexibility index (Phi) is 5.37. The van der Waals surface area contributed by atoms with E-state index < -0.39 is 23.8 Å². The Hall–Kier alpha value is -2.58. The number of amides is 4. The van der Waals surface area contributed by atoms with Crippen molar-refractivity contribution in [1.82, 2.24) is 15.5 Å². The number of benzene rings is 1. The van der Waals surface area contributed by atoms with Crippen molar-refractivity contribution in [3.63, 3.8) is 0 Å². The Morgan fingerprint density at radius 3 is 2.44 bits per heavy atom. The number of piperidine rings is 1. The maximum absolute atomic E-state index is 13.0. The minimum atomic E-state index is -0.937. The first-order valence-corrected chi connectivity index (χ1v) is 11.7. The Morgan fingerprint density at radius 2 is 1.75 bits per heavy atom. The van der Waals surface area contributed by atoms with Gasteiger partial charge in [-0.15, -0.1) is 0 Å². The minimum absolute atomic E-state index is 0.115. The number of nitrogens with one attached hydrogen (secondary N) is 2. The van der Waals surface area contributed by atoms with Crippen LogP contribution in [0.15, 0.2) is 18.2 Å². The van der Waals surface area contributed by atoms with Gasteiger partial charge in [0.05, 0.1) is 11.1 Å². The molecule has 2 aliphatic carbocycles. The Morgan fingerprint density at radius 1 is 1.03 bits per heavy atom. The normalized spacial score (nSPS) is 31.8. The molecule has 0 spiro atoms. The number of carbonyl (C=O) groups is 4. The third-order valence-corrected chi connectivity index (χ3v) is 7.97. The molecule has 3 atom stereocenters. The van der Waals surface area contributed by atoms with Crippen LogP contribution in [-0.4, -0.2) is 47.7 Å². The van der Waals surface area contributed by atoms with E-state index >= 15 is 0 Å². The van der Waals surface area contributed by atoms with Gasteiger partial charge in [-0.05, 0) is 60.8 Å². The van der Waals surface area contributed by atoms with Gasteiger partial charge in [-0.3, -0.25) is 29.4 Å². The summed E-state index contributed by atoms with van der Waals surface area (Å²) in [6, 6.07) is 4.32. The van der Waals surface area contributed by atoms with E-state index in [1.165, 1.54) is 32.1 Å². The second kappa shape index (κ2) is 8.08. The number of imide groups is 2. The molecule has 2 heterocycles. The van der Waals surface area contributed by atoms with Crippen molar-refractivity contribution in [2.24, 2.45) is 23.0 Å². The topological polar surface area (TPSA) is 122 Å². The first-order valence-electron chi connectivity index (χ1n) is 11.7. The van der Waals surface area contributed by atoms with Crippen molar-refractivity contribution in [3.05, 3.63) is 34.9 Å². The van der Waals surface area contributed by atoms with E-state index in [0.29, 0.717) is 24.2 Å². The summed E-state index contributed by atoms with van der Waals surface area (Å²) >= 11 is 0. The van der Waals surface area contributed by atoms with Crippen LogP contribution in [0, 0.1) is 17.3 Å². The number of rotatable bonds is 6. The van der Waals surface area contributed by atoms with E-state index in [1.807, 2.05) is 6.07 Å². The molecule has 170 valence electrons. The molecule has 1 aromatic rings. The smallest absolute Gasteiger partial charge is 0.262 e. The van der Waals surface area contributed by atoms with Crippen LogP contribution in [0.25, 0.3) is 0 Å². The van der Waals surface area contributed by atoms with Gasteiger partial charge in [0.1, 0.15) is 6.04 Å². The molecule has 5 rings (SSSR count). The molecule has 1 aromatic carbocycles. The van der Waals surface area contributed by atoms with E-state index in [9.17, 15) is 19.2 Å². The van der Waals surface area contributed by atoms with Crippen LogP contribution in [0.5, 0.6) is 0 Å². The molecular weight excluding hydrogens is 408 g/mol. The second-order valence-corrected chi connectivity index (χ2v) is 9.99. The highest BCUT2D eigenvalue weighted by Gasteiger charge is 2.46. The van der Waals surface area contributed by atoms with Crippen LogP contribution >= 0.6 is 0 Å². The fourth-order valence-electron chi connectivity index (χ4n) is 6.33. The predicted octanol–water partition coefficient (Wildman–Crippen LogP) is 1.33. The highest BCUT2D eigenvalue weighted by Crippen LogP contribution is 2.52. The van der Waals surface area contributed by atoms with Crippen molar-refractivity contribution in [1.29, 1.82) is 0 Å². The van der Waals surface area contributed by atoms with Crippen LogP contribution in [0.3, 0.4) is 0 Å². The Labute approximate surface area is 187 Å². The van der Waals surface area contributed by atoms with Crippen LogP contribution < -0.4 is 16.4 Å². The lowest BCUT2D eigenvalue weighted by molar-refractivity contribution is -0.136. The number of nitrogens with two attached hydrogens (primary N) is 1. The fraction of sp³-hybridized carbons (Fsp3) is 0.583. The minimum Gasteiger partial charge on any atom is -0.330 e. The van der Waals surface area contributed by atoms with Gasteiger partial charge in [0, 0.05) is 19.5 Å². The molecule has 4 aliphatic rings. The van der Waals surface area contributed by atoms with Crippen molar-refractivity contribution in [2.75, 3.05) is 13.1 Å². The van der Waals surface area contributed by atoms with Crippen molar-refractivity contribution < 1.29 is 19.2 Å². The van der Waals surface area contributed by atoms with Gasteiger partial charge < -0.3 is 11.1 Å². The summed E-state index contributed by atoms with van der Waals surface area (Å²) < 4.78 is 0. The maximum Gasteiger partial charge on any atom is 0.262 e. The van der Waals surface area contributed by atoms with E-state index in [4.69, 9.17) is 5.73 Å². The van der Waals surface area contributed by atoms with Crippen molar-refractivity contribution in [2.45, 2.75) is 57.5 Å². The first kappa shape index (κ1) is 21.3. The second-order valence-electron chi connectivity index (χ2n) is 9.99. The van der Waals surface area contributed by atoms with Crippen LogP contribution in [0.1, 0.15) is 71.2 Å². The van der Waals surface area contributed by atoms with Crippen LogP contribution in [-0.2, 0) is 16.1 Å². The third-order valence-electron chi connectivity index (χ3n) is 7.97. The van der Waals surface area contributed by atoms with Gasteiger partial charge in [-0.1, -0.05) is 25.3 Å². The molecule has 2 saturated carbocycles. The number of carbonyl (C=O) groups excluding carboxylic acids is 4. The lowest BCUT2D eigenvalue weighted by Gasteiger charge is -2.29. The molecular formula is C24H30N4O4. The largest absolute Gasteiger partial charge is 0.330 e. The molecule has 0 radical (unpaired) electrons. The highest BCUT2D eigenvalue weighted by atomic mass is 16.2. The zero-order chi connectivity index (χ0) is 22.5. The number of hydrogen-bond acceptors (Lipinski definition) is 6. The zero-order valence-corrected chi connectivity index (χ0v) is 18.2. The zero-order valence-electron chi connectivity index (χ0n) is 18.2. The van der Waals surface area contributed by atoms with Gasteiger partial charge >= 0.3 is 0 Å². The third kappa shape index (κ3) is 3.55. The molecule has 4 amide bonds. The SMILES string of the molecule is NCC1(CNCc2ccc3c(c2)C(=O)N(C2CCC(=O)NC2=O)C3=O)CC2CCCC2C1. The summed E-state index contributed by atoms with van der Waals surface area (Å²) in [5, 5.41) is 5.76. The average molecular weight is 439 g/mol. The van der Waals surface area contributed by atoms with Gasteiger partial charge in [-0.2, -0.15) is 0 Å². The van der Waals surface area contributed by atoms with Gasteiger partial charge in [0.15, 0.2) is 0 Å². The number of hydrogen-bond donors (Lipinski definition) is 3. The molecule has 2 aliphatic heterocycles. The molecule has 0 bridgehead atoms. The summed E-state index contributed by atoms with van der Waals surface area (Å²) in [6.07, 6.45) is 6.67. The Balaban J connectivity index is 1.25. The molecule has 1 saturated heterocycles. The predicted molar refractivity (Wildman–Crippen MR) is 116 cm³/mol. The Bertz CT molecular complexity index is 978. The van der Waals surface area contributed by atoms with E-state index in [2.05, 4.69) is 10.6 Å². The van der Waals surface area contributed by atoms with Crippen molar-refractivity contribution in [3.8, 4) is 0 Å². The fourth-order valence-corrected chi connectivity index (χ4v) is 6.33. The lowest BCUT2D eigenvalue weighted by atomic mass is 9.83. The quantitative estimate of drug-likeness (QED) is 0.576. The van der Waals surface area contributed by atoms with Gasteiger partial charge in [-0.25, -0.2) is 0 Å². The standard InChI is InChI=1S/C24H30N4O4/c25-12-24(9-15-2-1-3-16(15)10-24)13-26-11-14-4-5-17-18(8-14)23(32)28(22(17)31)19-6-7-20(29)27-21(19)30/h4-5,8,15-16,19,26H,1-3,6-7,9-13,25H2,(H,27,29,30). The number of nitrogens with zero attached hydrogens (tertiary/aromatic N) is 1. The molecule has 0 aromatic heterocycles. The summed E-state index contributed by atoms with van der Waals surface area (Å²) in [7, 11) is 0. The lowest BCUT2D eigenvalue weighted by Crippen LogP contribution is -2.54. The summed E-state index contributed by atoms with van der Waals surface area (Å²) in [5.41, 5.74) is 7.89. The molecule has 8 nitrogen and oxygen atoms in total. The molecule has 4 N–H and O–H groups in total. The summed E-state index contributed by atoms with van der Waals surface area (Å²) in [5.74, 6) is -0.269. The molecule has 3 unspecified atom stereocenters. The summed E-state index contributed by atoms with van der Waals surface area (Å²) in [4.78, 5) is 50.4. The molecule has 32 heavy (non-hydrogen) atoms. The van der Waals surface area contributed by atoms with Crippen LogP contribution in [0.2, 0.25) is 0 Å². The average Bonchev–Trinajstić information content (AvgIpc) is 3.41. The summed E-state index contributed by atoms with van der Waals surface area (Å²) in [6.45, 7) is 2.12. The van der Waals surface area contributed by atoms with E-state index in [1.54, 1.807) is 12.1 Å². The maximum atomic E-state index is 13.0. The van der Waals surface area contributed by atoms with Crippen molar-refractivity contribution >= 4 is 23.6 Å². The monoisotopic (exact) mass is 438 g/mol. The molecule has 8 heteroatoms. The van der Waals surface area contributed by atoms with Gasteiger partial charge in [0.25, 0.3) is 11.8 Å².